The first kappa shape index (κ1) is 27.7. The largest absolute Gasteiger partial charge is 0.497 e. The third kappa shape index (κ3) is 6.57. The first-order valence-electron chi connectivity index (χ1n) is 13.8. The summed E-state index contributed by atoms with van der Waals surface area (Å²) < 4.78 is 7.43. The van der Waals surface area contributed by atoms with Crippen LogP contribution in [0.15, 0.2) is 42.5 Å². The van der Waals surface area contributed by atoms with E-state index < -0.39 is 5.97 Å². The van der Waals surface area contributed by atoms with Gasteiger partial charge in [0.2, 0.25) is 5.91 Å². The van der Waals surface area contributed by atoms with E-state index in [1.54, 1.807) is 19.2 Å². The number of carbonyl (C=O) groups excluding carboxylic acids is 1. The summed E-state index contributed by atoms with van der Waals surface area (Å²) in [5.41, 5.74) is 4.29. The molecule has 0 spiro atoms. The van der Waals surface area contributed by atoms with Gasteiger partial charge in [-0.05, 0) is 99.8 Å². The van der Waals surface area contributed by atoms with Crippen molar-refractivity contribution in [2.75, 3.05) is 34.3 Å². The Kier molecular flexibility index (Phi) is 9.45. The molecule has 38 heavy (non-hydrogen) atoms. The lowest BCUT2D eigenvalue weighted by Gasteiger charge is -2.24. The molecule has 0 unspecified atom stereocenters. The number of hydrogen-bond donors (Lipinski definition) is 2. The van der Waals surface area contributed by atoms with Gasteiger partial charge < -0.3 is 24.6 Å². The molecule has 0 saturated heterocycles. The number of carbonyl (C=O) groups is 2. The number of methoxy groups -OCH3 is 1. The summed E-state index contributed by atoms with van der Waals surface area (Å²) in [5.74, 6) is 0.128. The number of amides is 1. The van der Waals surface area contributed by atoms with E-state index in [0.29, 0.717) is 12.5 Å². The average molecular weight is 520 g/mol. The molecule has 1 fully saturated rings. The maximum Gasteiger partial charge on any atom is 0.335 e. The smallest absolute Gasteiger partial charge is 0.335 e. The number of fused-ring (bicyclic) bond motifs is 1. The van der Waals surface area contributed by atoms with Crippen LogP contribution in [0.4, 0.5) is 0 Å². The number of nitrogens with zero attached hydrogens (tertiary/aromatic N) is 2. The predicted octanol–water partition coefficient (Wildman–Crippen LogP) is 5.91. The lowest BCUT2D eigenvalue weighted by atomic mass is 9.82. The molecule has 3 aromatic rings. The fraction of sp³-hybridized carbons (Fsp3) is 0.484. The molecule has 0 atom stereocenters. The number of nitrogens with one attached hydrogen (secondary N) is 1. The summed E-state index contributed by atoms with van der Waals surface area (Å²) in [7, 11) is 5.79. The normalized spacial score (nSPS) is 14.2. The van der Waals surface area contributed by atoms with Crippen LogP contribution < -0.4 is 10.1 Å². The molecule has 0 aliphatic heterocycles. The first-order chi connectivity index (χ1) is 18.4. The SMILES string of the molecule is COc1ccc(-c2c(C3CCCCC3)c3ccc(C(=O)O)cc3n2CC(=O)NCCCCCN(C)C)cc1. The third-order valence-electron chi connectivity index (χ3n) is 7.63. The van der Waals surface area contributed by atoms with Gasteiger partial charge in [-0.15, -0.1) is 0 Å². The van der Waals surface area contributed by atoms with Gasteiger partial charge in [0, 0.05) is 11.9 Å². The van der Waals surface area contributed by atoms with Gasteiger partial charge in [0.15, 0.2) is 0 Å². The molecule has 204 valence electrons. The van der Waals surface area contributed by atoms with Crippen LogP contribution in [0.2, 0.25) is 0 Å². The Bertz CT molecular complexity index is 1240. The molecule has 1 aliphatic rings. The van der Waals surface area contributed by atoms with Gasteiger partial charge in [-0.25, -0.2) is 4.79 Å². The van der Waals surface area contributed by atoms with E-state index >= 15 is 0 Å². The first-order valence-corrected chi connectivity index (χ1v) is 13.8. The molecule has 7 nitrogen and oxygen atoms in total. The monoisotopic (exact) mass is 519 g/mol. The molecule has 4 rings (SSSR count). The second kappa shape index (κ2) is 13.0. The number of rotatable bonds is 12. The number of carboxylic acid groups (broad SMARTS) is 1. The Hall–Kier alpha value is -3.32. The number of carboxylic acids is 1. The topological polar surface area (TPSA) is 83.8 Å². The highest BCUT2D eigenvalue weighted by Crippen LogP contribution is 2.44. The predicted molar refractivity (Wildman–Crippen MR) is 152 cm³/mol. The Morgan fingerprint density at radius 2 is 1.76 bits per heavy atom. The van der Waals surface area contributed by atoms with Crippen molar-refractivity contribution < 1.29 is 19.4 Å². The second-order valence-corrected chi connectivity index (χ2v) is 10.7. The van der Waals surface area contributed by atoms with Gasteiger partial charge in [0.05, 0.1) is 23.9 Å². The lowest BCUT2D eigenvalue weighted by Crippen LogP contribution is -2.28. The second-order valence-electron chi connectivity index (χ2n) is 10.7. The lowest BCUT2D eigenvalue weighted by molar-refractivity contribution is -0.121. The van der Waals surface area contributed by atoms with Crippen molar-refractivity contribution in [3.63, 3.8) is 0 Å². The van der Waals surface area contributed by atoms with E-state index in [1.807, 2.05) is 34.9 Å². The van der Waals surface area contributed by atoms with Crippen molar-refractivity contribution in [3.8, 4) is 17.0 Å². The quantitative estimate of drug-likeness (QED) is 0.291. The molecule has 1 aromatic heterocycles. The molecule has 1 saturated carbocycles. The van der Waals surface area contributed by atoms with E-state index in [4.69, 9.17) is 4.74 Å². The average Bonchev–Trinajstić information content (AvgIpc) is 3.24. The molecule has 1 heterocycles. The Labute approximate surface area is 225 Å². The molecular weight excluding hydrogens is 478 g/mol. The van der Waals surface area contributed by atoms with Gasteiger partial charge >= 0.3 is 5.97 Å². The van der Waals surface area contributed by atoms with E-state index in [-0.39, 0.29) is 18.0 Å². The van der Waals surface area contributed by atoms with E-state index in [2.05, 4.69) is 24.3 Å². The third-order valence-corrected chi connectivity index (χ3v) is 7.63. The van der Waals surface area contributed by atoms with Crippen molar-refractivity contribution in [2.45, 2.75) is 63.8 Å². The molecule has 0 radical (unpaired) electrons. The molecule has 0 bridgehead atoms. The standard InChI is InChI=1S/C31H41N3O4/c1-33(2)19-9-5-8-18-32-28(35)21-34-27-20-24(31(36)37)14-17-26(27)29(22-10-6-4-7-11-22)30(34)23-12-15-25(38-3)16-13-23/h12-17,20,22H,4-11,18-19,21H2,1-3H3,(H,32,35)(H,36,37). The minimum atomic E-state index is -0.966. The fourth-order valence-electron chi connectivity index (χ4n) is 5.70. The minimum Gasteiger partial charge on any atom is -0.497 e. The number of aromatic nitrogens is 1. The van der Waals surface area contributed by atoms with Gasteiger partial charge in [-0.3, -0.25) is 4.79 Å². The number of benzene rings is 2. The summed E-state index contributed by atoms with van der Waals surface area (Å²) in [6, 6.07) is 13.3. The van der Waals surface area contributed by atoms with Crippen molar-refractivity contribution in [1.29, 1.82) is 0 Å². The molecule has 1 amide bonds. The summed E-state index contributed by atoms with van der Waals surface area (Å²) in [6.07, 6.45) is 8.91. The highest BCUT2D eigenvalue weighted by atomic mass is 16.5. The van der Waals surface area contributed by atoms with Crippen LogP contribution in [-0.2, 0) is 11.3 Å². The highest BCUT2D eigenvalue weighted by molar-refractivity contribution is 5.99. The molecule has 7 heteroatoms. The molecule has 1 aliphatic carbocycles. The summed E-state index contributed by atoms with van der Waals surface area (Å²) in [4.78, 5) is 27.3. The molecular formula is C31H41N3O4. The Morgan fingerprint density at radius 3 is 2.42 bits per heavy atom. The molecule has 2 N–H and O–H groups in total. The number of hydrogen-bond acceptors (Lipinski definition) is 4. The maximum atomic E-state index is 13.2. The number of unbranched alkanes of at least 4 members (excludes halogenated alkanes) is 2. The zero-order valence-corrected chi connectivity index (χ0v) is 23.0. The zero-order valence-electron chi connectivity index (χ0n) is 23.0. The van der Waals surface area contributed by atoms with E-state index in [0.717, 1.165) is 66.6 Å². The summed E-state index contributed by atoms with van der Waals surface area (Å²) in [5, 5.41) is 13.9. The summed E-state index contributed by atoms with van der Waals surface area (Å²) in [6.45, 7) is 1.83. The minimum absolute atomic E-state index is 0.0554. The van der Waals surface area contributed by atoms with E-state index in [9.17, 15) is 14.7 Å². The Morgan fingerprint density at radius 1 is 1.03 bits per heavy atom. The van der Waals surface area contributed by atoms with Crippen LogP contribution in [-0.4, -0.2) is 60.7 Å². The van der Waals surface area contributed by atoms with Crippen molar-refractivity contribution in [3.05, 3.63) is 53.6 Å². The van der Waals surface area contributed by atoms with Gasteiger partial charge in [0.1, 0.15) is 12.3 Å². The van der Waals surface area contributed by atoms with Crippen LogP contribution in [0.3, 0.4) is 0 Å². The van der Waals surface area contributed by atoms with Crippen molar-refractivity contribution in [1.82, 2.24) is 14.8 Å². The van der Waals surface area contributed by atoms with Crippen molar-refractivity contribution in [2.24, 2.45) is 0 Å². The van der Waals surface area contributed by atoms with Crippen LogP contribution in [0.25, 0.3) is 22.2 Å². The summed E-state index contributed by atoms with van der Waals surface area (Å²) >= 11 is 0. The van der Waals surface area contributed by atoms with Crippen molar-refractivity contribution >= 4 is 22.8 Å². The highest BCUT2D eigenvalue weighted by Gasteiger charge is 2.27. The molecule has 2 aromatic carbocycles. The van der Waals surface area contributed by atoms with Crippen LogP contribution in [0, 0.1) is 0 Å². The van der Waals surface area contributed by atoms with Crippen LogP contribution in [0.1, 0.15) is 73.2 Å². The number of ether oxygens (including phenoxy) is 1. The van der Waals surface area contributed by atoms with E-state index in [1.165, 1.54) is 24.8 Å². The van der Waals surface area contributed by atoms with Crippen LogP contribution >= 0.6 is 0 Å². The van der Waals surface area contributed by atoms with Gasteiger partial charge in [-0.2, -0.15) is 0 Å². The van der Waals surface area contributed by atoms with Gasteiger partial charge in [-0.1, -0.05) is 31.7 Å². The Balaban J connectivity index is 1.72. The number of aromatic carboxylic acids is 1. The maximum absolute atomic E-state index is 13.2. The van der Waals surface area contributed by atoms with Crippen LogP contribution in [0.5, 0.6) is 5.75 Å². The zero-order chi connectivity index (χ0) is 27.1. The van der Waals surface area contributed by atoms with Gasteiger partial charge in [0.25, 0.3) is 0 Å². The fourth-order valence-corrected chi connectivity index (χ4v) is 5.70.